The zero-order valence-electron chi connectivity index (χ0n) is 23.2. The first-order chi connectivity index (χ1) is 19.2. The Balaban J connectivity index is 0.00000462. The van der Waals surface area contributed by atoms with E-state index >= 15 is 0 Å². The van der Waals surface area contributed by atoms with Gasteiger partial charge in [0, 0.05) is 18.2 Å². The molecule has 1 amide bonds. The number of hydrogen-bond donors (Lipinski definition) is 2. The van der Waals surface area contributed by atoms with Crippen molar-refractivity contribution in [3.63, 3.8) is 0 Å². The number of carbonyl (C=O) groups is 2. The summed E-state index contributed by atoms with van der Waals surface area (Å²) in [5.74, 6) is -0.453. The quantitative estimate of drug-likeness (QED) is 0.253. The second kappa shape index (κ2) is 14.8. The van der Waals surface area contributed by atoms with Crippen LogP contribution < -0.4 is 24.2 Å². The molecule has 3 aromatic carbocycles. The van der Waals surface area contributed by atoms with Crippen LogP contribution in [-0.2, 0) is 9.53 Å². The summed E-state index contributed by atoms with van der Waals surface area (Å²) in [6.07, 6.45) is 1.59. The Hall–Kier alpha value is -2.99. The molecule has 0 spiro atoms. The second-order valence-corrected chi connectivity index (χ2v) is 10.6. The minimum absolute atomic E-state index is 0. The molecule has 0 saturated heterocycles. The molecule has 4 aromatic rings. The summed E-state index contributed by atoms with van der Waals surface area (Å²) in [5.41, 5.74) is 4.13. The van der Waals surface area contributed by atoms with Crippen molar-refractivity contribution in [1.82, 2.24) is 5.32 Å². The van der Waals surface area contributed by atoms with Crippen LogP contribution in [0.15, 0.2) is 77.2 Å². The van der Waals surface area contributed by atoms with Crippen LogP contribution in [0.2, 0.25) is 5.02 Å². The van der Waals surface area contributed by atoms with E-state index in [2.05, 4.69) is 5.32 Å². The van der Waals surface area contributed by atoms with Gasteiger partial charge in [0.05, 0.1) is 5.02 Å². The monoisotopic (exact) mass is 588 g/mol. The average molecular weight is 589 g/mol. The van der Waals surface area contributed by atoms with Crippen LogP contribution in [-0.4, -0.2) is 42.1 Å². The van der Waals surface area contributed by atoms with Crippen molar-refractivity contribution < 1.29 is 47.1 Å². The number of ether oxygens (including phenoxy) is 1. The van der Waals surface area contributed by atoms with Gasteiger partial charge in [-0.1, -0.05) is 41.9 Å². The van der Waals surface area contributed by atoms with Crippen molar-refractivity contribution in [3.05, 3.63) is 106 Å². The van der Waals surface area contributed by atoms with Crippen LogP contribution in [0.1, 0.15) is 39.8 Å². The normalized spacial score (nSPS) is 12.3. The van der Waals surface area contributed by atoms with Crippen LogP contribution in [0.4, 0.5) is 4.39 Å². The van der Waals surface area contributed by atoms with E-state index in [4.69, 9.17) is 20.8 Å². The van der Waals surface area contributed by atoms with Crippen LogP contribution >= 0.6 is 23.4 Å². The van der Waals surface area contributed by atoms with E-state index in [0.29, 0.717) is 40.4 Å². The predicted octanol–water partition coefficient (Wildman–Crippen LogP) is 4.39. The Kier molecular flexibility index (Phi) is 11.7. The number of hydrogen-bond acceptors (Lipinski definition) is 5. The van der Waals surface area contributed by atoms with E-state index in [9.17, 15) is 19.1 Å². The number of rotatable bonds is 11. The van der Waals surface area contributed by atoms with Gasteiger partial charge in [0.2, 0.25) is 0 Å². The molecule has 0 saturated carbocycles. The summed E-state index contributed by atoms with van der Waals surface area (Å²) in [5, 5.41) is 12.3. The Morgan fingerprint density at radius 1 is 1.07 bits per heavy atom. The molecule has 41 heavy (non-hydrogen) atoms. The fourth-order valence-electron chi connectivity index (χ4n) is 4.46. The molecule has 10 heteroatoms. The van der Waals surface area contributed by atoms with E-state index in [1.54, 1.807) is 37.4 Å². The Morgan fingerprint density at radius 3 is 2.49 bits per heavy atom. The molecular weight excluding hydrogens is 560 g/mol. The number of carboxylic acids is 1. The topological polar surface area (TPSA) is 88.8 Å². The van der Waals surface area contributed by atoms with E-state index in [0.717, 1.165) is 16.7 Å². The molecule has 2 unspecified atom stereocenters. The van der Waals surface area contributed by atoms with Gasteiger partial charge in [-0.25, -0.2) is 9.18 Å². The summed E-state index contributed by atoms with van der Waals surface area (Å²) in [6, 6.07) is 19.8. The van der Waals surface area contributed by atoms with Gasteiger partial charge in [0.1, 0.15) is 29.5 Å². The van der Waals surface area contributed by atoms with Crippen LogP contribution in [0, 0.1) is 12.7 Å². The van der Waals surface area contributed by atoms with E-state index in [-0.39, 0.29) is 23.9 Å². The molecule has 0 aliphatic rings. The summed E-state index contributed by atoms with van der Waals surface area (Å²) in [4.78, 5) is 25.2. The number of aryl methyl sites for hydroxylation is 1. The second-order valence-electron chi connectivity index (χ2n) is 9.21. The van der Waals surface area contributed by atoms with Crippen molar-refractivity contribution in [2.24, 2.45) is 0 Å². The summed E-state index contributed by atoms with van der Waals surface area (Å²) in [6.45, 7) is 1.95. The summed E-state index contributed by atoms with van der Waals surface area (Å²) < 4.78 is 25.5. The fourth-order valence-corrected chi connectivity index (χ4v) is 5.12. The molecule has 0 bridgehead atoms. The minimum Gasteiger partial charge on any atom is -0.480 e. The first-order valence-corrected chi connectivity index (χ1v) is 14.3. The largest absolute Gasteiger partial charge is 1.00 e. The third-order valence-corrected chi connectivity index (χ3v) is 7.50. The molecule has 6 nitrogen and oxygen atoms in total. The summed E-state index contributed by atoms with van der Waals surface area (Å²) >= 11 is 7.47. The third-order valence-electron chi connectivity index (χ3n) is 6.57. The van der Waals surface area contributed by atoms with Crippen molar-refractivity contribution >= 4 is 35.2 Å². The number of carboxylic acid groups (broad SMARTS) is 1. The van der Waals surface area contributed by atoms with Crippen molar-refractivity contribution in [2.75, 3.05) is 19.1 Å². The van der Waals surface area contributed by atoms with Gasteiger partial charge in [-0.3, -0.25) is 4.79 Å². The molecule has 2 N–H and O–H groups in total. The van der Waals surface area contributed by atoms with Gasteiger partial charge in [-0.15, -0.1) is 0 Å². The van der Waals surface area contributed by atoms with Crippen molar-refractivity contribution in [3.8, 4) is 22.5 Å². The molecule has 0 radical (unpaired) electrons. The van der Waals surface area contributed by atoms with Crippen molar-refractivity contribution in [2.45, 2.75) is 25.5 Å². The molecule has 1 heterocycles. The maximum absolute atomic E-state index is 13.6. The number of aliphatic carboxylic acids is 1. The smallest absolute Gasteiger partial charge is 0.480 e. The van der Waals surface area contributed by atoms with Gasteiger partial charge in [-0.05, 0) is 90.1 Å². The number of methoxy groups -OCH3 is 1. The Morgan fingerprint density at radius 2 is 1.83 bits per heavy atom. The molecule has 0 aliphatic carbocycles. The first-order valence-electron chi connectivity index (χ1n) is 12.5. The first kappa shape index (κ1) is 32.5. The molecular formula is C31H29ClFLiNO5S+. The van der Waals surface area contributed by atoms with E-state index < -0.39 is 29.8 Å². The van der Waals surface area contributed by atoms with Gasteiger partial charge in [-0.2, -0.15) is 11.8 Å². The number of carbonyl (C=O) groups excluding carboxylic acids is 1. The van der Waals surface area contributed by atoms with Crippen molar-refractivity contribution in [1.29, 1.82) is 0 Å². The third kappa shape index (κ3) is 7.65. The molecule has 1 aromatic heterocycles. The molecule has 2 atom stereocenters. The number of halogens is 2. The Labute approximate surface area is 259 Å². The number of nitrogens with one attached hydrogen (secondary N) is 1. The number of furan rings is 1. The molecule has 4 rings (SSSR count). The van der Waals surface area contributed by atoms with Gasteiger partial charge >= 0.3 is 24.8 Å². The molecule has 0 fully saturated rings. The van der Waals surface area contributed by atoms with Crippen LogP contribution in [0.25, 0.3) is 22.5 Å². The number of thioether (sulfide) groups is 1. The van der Waals surface area contributed by atoms with Crippen LogP contribution in [0.3, 0.4) is 0 Å². The van der Waals surface area contributed by atoms with Crippen LogP contribution in [0.5, 0.6) is 0 Å². The fraction of sp³-hybridized carbons (Fsp3) is 0.226. The molecule has 208 valence electrons. The van der Waals surface area contributed by atoms with Gasteiger partial charge < -0.3 is 19.6 Å². The molecule has 0 aliphatic heterocycles. The average Bonchev–Trinajstić information content (AvgIpc) is 3.42. The Bertz CT molecular complexity index is 1530. The number of amides is 1. The zero-order chi connectivity index (χ0) is 28.8. The SMILES string of the molecule is COC(c1ccc(C(=O)NC(CCSC)C(=O)O)c(-c2ccccc2C)c1)c1ccc(-c2ccc(F)c(Cl)c2)o1.[Li+]. The summed E-state index contributed by atoms with van der Waals surface area (Å²) in [7, 11) is 1.55. The van der Waals surface area contributed by atoms with E-state index in [1.165, 1.54) is 23.9 Å². The zero-order valence-corrected chi connectivity index (χ0v) is 24.8. The number of benzene rings is 3. The van der Waals surface area contributed by atoms with Gasteiger partial charge in [0.15, 0.2) is 0 Å². The van der Waals surface area contributed by atoms with Gasteiger partial charge in [0.25, 0.3) is 5.91 Å². The maximum Gasteiger partial charge on any atom is 1.00 e. The standard InChI is InChI=1S/C31H29ClFNO5S.Li/c1-18-6-4-5-7-21(18)23-16-20(8-10-22(23)30(35)34-26(31(36)37)14-15-40-3)29(38-2)28-13-12-27(39-28)19-9-11-25(33)24(32)17-19;/h4-13,16-17,26,29H,14-15H2,1-3H3,(H,34,35)(H,36,37);/q;+1. The predicted molar refractivity (Wildman–Crippen MR) is 156 cm³/mol. The maximum atomic E-state index is 13.6. The van der Waals surface area contributed by atoms with E-state index in [1.807, 2.05) is 43.5 Å². The minimum atomic E-state index is -1.08.